The van der Waals surface area contributed by atoms with Crippen molar-refractivity contribution in [2.75, 3.05) is 4.72 Å². The molecular formula is C27H20ClNO5S. The molecule has 0 spiro atoms. The molecule has 0 saturated carbocycles. The van der Waals surface area contributed by atoms with Crippen molar-refractivity contribution in [3.05, 3.63) is 125 Å². The Hall–Kier alpha value is -4.07. The number of aliphatic hydroxyl groups excluding tert-OH is 1. The van der Waals surface area contributed by atoms with Crippen molar-refractivity contribution in [1.29, 1.82) is 0 Å². The van der Waals surface area contributed by atoms with E-state index in [9.17, 15) is 23.4 Å². The Morgan fingerprint density at radius 3 is 1.94 bits per heavy atom. The van der Waals surface area contributed by atoms with Gasteiger partial charge in [0.2, 0.25) is 0 Å². The van der Waals surface area contributed by atoms with E-state index in [1.807, 2.05) is 0 Å². The van der Waals surface area contributed by atoms with E-state index in [1.54, 1.807) is 60.7 Å². The molecule has 0 radical (unpaired) electrons. The smallest absolute Gasteiger partial charge is 0.261 e. The highest BCUT2D eigenvalue weighted by Crippen LogP contribution is 2.35. The molecule has 35 heavy (non-hydrogen) atoms. The van der Waals surface area contributed by atoms with Gasteiger partial charge in [0.25, 0.3) is 10.0 Å². The number of hydrogen-bond donors (Lipinski definition) is 3. The number of halogens is 1. The fraction of sp³-hybridized carbons (Fsp3) is 0. The summed E-state index contributed by atoms with van der Waals surface area (Å²) >= 11 is 5.85. The normalized spacial score (nSPS) is 12.0. The lowest BCUT2D eigenvalue weighted by Gasteiger charge is -2.15. The second-order valence-corrected chi connectivity index (χ2v) is 9.69. The van der Waals surface area contributed by atoms with Crippen LogP contribution >= 0.6 is 11.6 Å². The number of sulfonamides is 1. The van der Waals surface area contributed by atoms with Crippen LogP contribution in [0.4, 0.5) is 5.69 Å². The molecule has 0 aliphatic heterocycles. The van der Waals surface area contributed by atoms with E-state index in [-0.39, 0.29) is 38.8 Å². The number of allylic oxidation sites excluding steroid dienone is 1. The molecule has 8 heteroatoms. The Morgan fingerprint density at radius 2 is 1.34 bits per heavy atom. The number of aromatic hydroxyl groups is 1. The number of phenolic OH excluding ortho intramolecular Hbond substituents is 1. The number of carbonyl (C=O) groups excluding carboxylic acids is 1. The molecular weight excluding hydrogens is 486 g/mol. The van der Waals surface area contributed by atoms with Crippen LogP contribution in [-0.2, 0) is 10.0 Å². The third-order valence-corrected chi connectivity index (χ3v) is 6.84. The number of rotatable bonds is 7. The first-order valence-corrected chi connectivity index (χ1v) is 12.3. The number of ketones is 1. The number of benzene rings is 4. The van der Waals surface area contributed by atoms with Crippen LogP contribution in [0.1, 0.15) is 21.5 Å². The van der Waals surface area contributed by atoms with Crippen LogP contribution in [0.15, 0.2) is 108 Å². The summed E-state index contributed by atoms with van der Waals surface area (Å²) in [6, 6.07) is 26.2. The summed E-state index contributed by atoms with van der Waals surface area (Å²) in [5.41, 5.74) is 0.533. The first-order valence-electron chi connectivity index (χ1n) is 10.5. The van der Waals surface area contributed by atoms with E-state index in [2.05, 4.69) is 4.72 Å². The molecule has 3 N–H and O–H groups in total. The molecule has 0 aliphatic rings. The minimum atomic E-state index is -3.98. The molecule has 0 fully saturated rings. The first-order chi connectivity index (χ1) is 16.8. The van der Waals surface area contributed by atoms with Crippen molar-refractivity contribution in [2.45, 2.75) is 4.90 Å². The molecule has 0 atom stereocenters. The number of anilines is 1. The highest BCUT2D eigenvalue weighted by atomic mass is 35.5. The molecule has 176 valence electrons. The lowest BCUT2D eigenvalue weighted by Crippen LogP contribution is -2.13. The number of Topliss-reactive ketones (excluding diaryl/α,β-unsaturated/α-hetero) is 1. The lowest BCUT2D eigenvalue weighted by atomic mass is 9.92. The number of aliphatic hydroxyl groups is 1. The molecule has 6 nitrogen and oxygen atoms in total. The molecule has 4 aromatic carbocycles. The van der Waals surface area contributed by atoms with Crippen LogP contribution in [0.5, 0.6) is 5.75 Å². The Kier molecular flexibility index (Phi) is 6.91. The van der Waals surface area contributed by atoms with E-state index in [0.29, 0.717) is 10.6 Å². The van der Waals surface area contributed by atoms with Crippen molar-refractivity contribution >= 4 is 44.4 Å². The standard InChI is InChI=1S/C27H20ClNO5S/c28-20-11-14-22(15-12-20)35(33,34)29-21-13-16-24(30)23(17-21)25(26(31)18-7-3-1-4-8-18)27(32)19-9-5-2-6-10-19/h1-17,29-31H. The van der Waals surface area contributed by atoms with Gasteiger partial charge in [0.1, 0.15) is 11.5 Å². The Morgan fingerprint density at radius 1 is 0.771 bits per heavy atom. The van der Waals surface area contributed by atoms with E-state index in [0.717, 1.165) is 0 Å². The number of phenols is 1. The van der Waals surface area contributed by atoms with Crippen LogP contribution < -0.4 is 4.72 Å². The van der Waals surface area contributed by atoms with Gasteiger partial charge in [-0.1, -0.05) is 72.3 Å². The summed E-state index contributed by atoms with van der Waals surface area (Å²) in [6.45, 7) is 0. The Labute approximate surface area is 207 Å². The van der Waals surface area contributed by atoms with Gasteiger partial charge in [0.15, 0.2) is 5.78 Å². The van der Waals surface area contributed by atoms with Gasteiger partial charge in [0, 0.05) is 27.4 Å². The summed E-state index contributed by atoms with van der Waals surface area (Å²) in [4.78, 5) is 13.5. The molecule has 0 unspecified atom stereocenters. The SMILES string of the molecule is O=C(C(=C(O)c1ccccc1)c1cc(NS(=O)(=O)c2ccc(Cl)cc2)ccc1O)c1ccccc1. The number of nitrogens with one attached hydrogen (secondary N) is 1. The summed E-state index contributed by atoms with van der Waals surface area (Å²) in [6.07, 6.45) is 0. The van der Waals surface area contributed by atoms with Crippen LogP contribution in [0.3, 0.4) is 0 Å². The van der Waals surface area contributed by atoms with Crippen molar-refractivity contribution in [3.8, 4) is 5.75 Å². The molecule has 0 heterocycles. The molecule has 0 amide bonds. The summed E-state index contributed by atoms with van der Waals surface area (Å²) in [5, 5.41) is 22.2. The van der Waals surface area contributed by atoms with Gasteiger partial charge in [-0.3, -0.25) is 9.52 Å². The predicted molar refractivity (Wildman–Crippen MR) is 137 cm³/mol. The van der Waals surface area contributed by atoms with Crippen molar-refractivity contribution in [2.24, 2.45) is 0 Å². The Bertz CT molecular complexity index is 1500. The minimum absolute atomic E-state index is 0.0141. The Balaban J connectivity index is 1.83. The zero-order valence-corrected chi connectivity index (χ0v) is 19.8. The molecule has 0 aliphatic carbocycles. The highest BCUT2D eigenvalue weighted by Gasteiger charge is 2.24. The molecule has 0 saturated heterocycles. The second-order valence-electron chi connectivity index (χ2n) is 7.58. The average molecular weight is 506 g/mol. The topological polar surface area (TPSA) is 104 Å². The van der Waals surface area contributed by atoms with Gasteiger partial charge in [-0.25, -0.2) is 8.42 Å². The maximum Gasteiger partial charge on any atom is 0.261 e. The largest absolute Gasteiger partial charge is 0.507 e. The maximum atomic E-state index is 13.5. The van der Waals surface area contributed by atoms with Gasteiger partial charge in [0.05, 0.1) is 10.5 Å². The minimum Gasteiger partial charge on any atom is -0.507 e. The molecule has 4 rings (SSSR count). The predicted octanol–water partition coefficient (Wildman–Crippen LogP) is 6.16. The molecule has 4 aromatic rings. The van der Waals surface area contributed by atoms with Crippen molar-refractivity contribution in [3.63, 3.8) is 0 Å². The van der Waals surface area contributed by atoms with Crippen LogP contribution in [0, 0.1) is 0 Å². The summed E-state index contributed by atoms with van der Waals surface area (Å²) < 4.78 is 28.1. The monoisotopic (exact) mass is 505 g/mol. The lowest BCUT2D eigenvalue weighted by molar-refractivity contribution is 0.105. The quantitative estimate of drug-likeness (QED) is 0.0917. The van der Waals surface area contributed by atoms with Gasteiger partial charge >= 0.3 is 0 Å². The van der Waals surface area contributed by atoms with Crippen LogP contribution in [-0.4, -0.2) is 24.4 Å². The van der Waals surface area contributed by atoms with Gasteiger partial charge in [-0.2, -0.15) is 0 Å². The van der Waals surface area contributed by atoms with Crippen LogP contribution in [0.25, 0.3) is 11.3 Å². The van der Waals surface area contributed by atoms with E-state index in [4.69, 9.17) is 11.6 Å². The van der Waals surface area contributed by atoms with Gasteiger partial charge in [-0.15, -0.1) is 0 Å². The zero-order valence-electron chi connectivity index (χ0n) is 18.2. The van der Waals surface area contributed by atoms with E-state index < -0.39 is 15.8 Å². The fourth-order valence-corrected chi connectivity index (χ4v) is 4.63. The van der Waals surface area contributed by atoms with Crippen LogP contribution in [0.2, 0.25) is 5.02 Å². The zero-order chi connectivity index (χ0) is 25.0. The maximum absolute atomic E-state index is 13.5. The van der Waals surface area contributed by atoms with E-state index in [1.165, 1.54) is 42.5 Å². The number of carbonyl (C=O) groups is 1. The third-order valence-electron chi connectivity index (χ3n) is 5.19. The third kappa shape index (κ3) is 5.37. The summed E-state index contributed by atoms with van der Waals surface area (Å²) in [5.74, 6) is -1.20. The van der Waals surface area contributed by atoms with E-state index >= 15 is 0 Å². The average Bonchev–Trinajstić information content (AvgIpc) is 2.87. The van der Waals surface area contributed by atoms with Gasteiger partial charge in [-0.05, 0) is 42.5 Å². The summed E-state index contributed by atoms with van der Waals surface area (Å²) in [7, 11) is -3.98. The van der Waals surface area contributed by atoms with Gasteiger partial charge < -0.3 is 10.2 Å². The highest BCUT2D eigenvalue weighted by molar-refractivity contribution is 7.92. The molecule has 0 aromatic heterocycles. The molecule has 0 bridgehead atoms. The van der Waals surface area contributed by atoms with Crippen molar-refractivity contribution < 1.29 is 23.4 Å². The first kappa shape index (κ1) is 24.1. The number of hydrogen-bond acceptors (Lipinski definition) is 5. The fourth-order valence-electron chi connectivity index (χ4n) is 3.46. The second kappa shape index (κ2) is 10.0. The van der Waals surface area contributed by atoms with Crippen molar-refractivity contribution in [1.82, 2.24) is 0 Å².